The maximum absolute atomic E-state index is 5.65. The van der Waals surface area contributed by atoms with E-state index < -0.39 is 0 Å². The number of aromatic nitrogens is 1. The molecule has 0 unspecified atom stereocenters. The molecule has 2 fully saturated rings. The van der Waals surface area contributed by atoms with Gasteiger partial charge in [0, 0.05) is 38.6 Å². The summed E-state index contributed by atoms with van der Waals surface area (Å²) in [5.41, 5.74) is 1.27. The van der Waals surface area contributed by atoms with Gasteiger partial charge in [-0.15, -0.1) is 24.0 Å². The van der Waals surface area contributed by atoms with Crippen LogP contribution in [0.15, 0.2) is 9.41 Å². The standard InChI is InChI=1S/C20H35N5O2.HI/c1-16-17(2)27-18(24-16)13-22-19(21-3)23-14-20(7-5-4-6-8-20)15-25-9-11-26-12-10-25;/h4-15H2,1-3H3,(H2,21,22,23);1H. The van der Waals surface area contributed by atoms with E-state index in [9.17, 15) is 0 Å². The molecule has 28 heavy (non-hydrogen) atoms. The van der Waals surface area contributed by atoms with Gasteiger partial charge < -0.3 is 19.8 Å². The summed E-state index contributed by atoms with van der Waals surface area (Å²) in [6.07, 6.45) is 6.58. The summed E-state index contributed by atoms with van der Waals surface area (Å²) >= 11 is 0. The van der Waals surface area contributed by atoms with Crippen molar-refractivity contribution in [1.82, 2.24) is 20.5 Å². The minimum Gasteiger partial charge on any atom is -0.444 e. The Bertz CT molecular complexity index is 603. The number of nitrogens with one attached hydrogen (secondary N) is 2. The molecule has 8 heteroatoms. The molecule has 1 aromatic heterocycles. The van der Waals surface area contributed by atoms with E-state index in [0.717, 1.165) is 56.8 Å². The molecule has 0 radical (unpaired) electrons. The Morgan fingerprint density at radius 2 is 1.86 bits per heavy atom. The van der Waals surface area contributed by atoms with Crippen LogP contribution in [0.1, 0.15) is 49.4 Å². The number of rotatable bonds is 6. The first-order chi connectivity index (χ1) is 13.1. The Labute approximate surface area is 186 Å². The van der Waals surface area contributed by atoms with E-state index in [4.69, 9.17) is 9.15 Å². The van der Waals surface area contributed by atoms with Crippen LogP contribution in [0, 0.1) is 19.3 Å². The number of ether oxygens (including phenoxy) is 1. The van der Waals surface area contributed by atoms with Crippen LogP contribution in [-0.2, 0) is 11.3 Å². The minimum absolute atomic E-state index is 0. The monoisotopic (exact) mass is 505 g/mol. The fourth-order valence-electron chi connectivity index (χ4n) is 4.19. The molecule has 0 atom stereocenters. The van der Waals surface area contributed by atoms with Crippen molar-refractivity contribution in [3.8, 4) is 0 Å². The number of hydrogen-bond donors (Lipinski definition) is 2. The molecule has 1 saturated heterocycles. The van der Waals surface area contributed by atoms with Gasteiger partial charge in [-0.3, -0.25) is 9.89 Å². The molecule has 0 spiro atoms. The topological polar surface area (TPSA) is 74.9 Å². The van der Waals surface area contributed by atoms with Gasteiger partial charge in [0.2, 0.25) is 5.89 Å². The molecular formula is C20H36IN5O2. The zero-order valence-electron chi connectivity index (χ0n) is 17.6. The van der Waals surface area contributed by atoms with Crippen LogP contribution in [0.3, 0.4) is 0 Å². The smallest absolute Gasteiger partial charge is 0.214 e. The van der Waals surface area contributed by atoms with Crippen LogP contribution in [0.4, 0.5) is 0 Å². The summed E-state index contributed by atoms with van der Waals surface area (Å²) in [6, 6.07) is 0. The van der Waals surface area contributed by atoms with Crippen LogP contribution in [0.25, 0.3) is 0 Å². The highest BCUT2D eigenvalue weighted by Crippen LogP contribution is 2.36. The Kier molecular flexibility index (Phi) is 9.49. The van der Waals surface area contributed by atoms with Gasteiger partial charge in [0.05, 0.1) is 25.5 Å². The highest BCUT2D eigenvalue weighted by molar-refractivity contribution is 14.0. The quantitative estimate of drug-likeness (QED) is 0.352. The Balaban J connectivity index is 0.00000280. The number of nitrogens with zero attached hydrogens (tertiary/aromatic N) is 3. The van der Waals surface area contributed by atoms with Crippen molar-refractivity contribution in [3.63, 3.8) is 0 Å². The molecule has 2 N–H and O–H groups in total. The third-order valence-corrected chi connectivity index (χ3v) is 5.91. The molecule has 1 saturated carbocycles. The van der Waals surface area contributed by atoms with Crippen molar-refractivity contribution >= 4 is 29.9 Å². The summed E-state index contributed by atoms with van der Waals surface area (Å²) < 4.78 is 11.2. The highest BCUT2D eigenvalue weighted by atomic mass is 127. The van der Waals surface area contributed by atoms with Gasteiger partial charge in [-0.1, -0.05) is 19.3 Å². The van der Waals surface area contributed by atoms with Gasteiger partial charge in [-0.2, -0.15) is 0 Å². The minimum atomic E-state index is 0. The molecule has 160 valence electrons. The molecule has 1 aromatic rings. The fraction of sp³-hybridized carbons (Fsp3) is 0.800. The van der Waals surface area contributed by atoms with E-state index in [1.807, 2.05) is 20.9 Å². The van der Waals surface area contributed by atoms with Crippen LogP contribution < -0.4 is 10.6 Å². The van der Waals surface area contributed by atoms with E-state index in [1.165, 1.54) is 32.1 Å². The lowest BCUT2D eigenvalue weighted by Crippen LogP contribution is -2.51. The van der Waals surface area contributed by atoms with Crippen molar-refractivity contribution < 1.29 is 9.15 Å². The lowest BCUT2D eigenvalue weighted by molar-refractivity contribution is 0.00820. The van der Waals surface area contributed by atoms with Crippen molar-refractivity contribution in [2.75, 3.05) is 46.4 Å². The van der Waals surface area contributed by atoms with Gasteiger partial charge in [0.15, 0.2) is 5.96 Å². The Morgan fingerprint density at radius 3 is 2.46 bits per heavy atom. The van der Waals surface area contributed by atoms with Gasteiger partial charge in [0.1, 0.15) is 5.76 Å². The summed E-state index contributed by atoms with van der Waals surface area (Å²) in [5.74, 6) is 2.39. The first-order valence-corrected chi connectivity index (χ1v) is 10.3. The molecule has 2 aliphatic rings. The van der Waals surface area contributed by atoms with E-state index >= 15 is 0 Å². The van der Waals surface area contributed by atoms with Crippen LogP contribution in [0.5, 0.6) is 0 Å². The van der Waals surface area contributed by atoms with Gasteiger partial charge in [-0.05, 0) is 26.7 Å². The first kappa shape index (κ1) is 23.4. The molecule has 1 aliphatic heterocycles. The van der Waals surface area contributed by atoms with Gasteiger partial charge in [0.25, 0.3) is 0 Å². The third kappa shape index (κ3) is 6.59. The molecule has 3 rings (SSSR count). The van der Waals surface area contributed by atoms with Crippen molar-refractivity contribution in [1.29, 1.82) is 0 Å². The summed E-state index contributed by atoms with van der Waals surface area (Å²) in [7, 11) is 1.82. The maximum Gasteiger partial charge on any atom is 0.214 e. The molecule has 1 aliphatic carbocycles. The first-order valence-electron chi connectivity index (χ1n) is 10.3. The average Bonchev–Trinajstić information content (AvgIpc) is 3.01. The molecule has 7 nitrogen and oxygen atoms in total. The predicted octanol–water partition coefficient (Wildman–Crippen LogP) is 2.86. The maximum atomic E-state index is 5.65. The highest BCUT2D eigenvalue weighted by Gasteiger charge is 2.34. The number of aryl methyl sites for hydroxylation is 2. The zero-order chi connectivity index (χ0) is 19.1. The molecule has 0 bridgehead atoms. The van der Waals surface area contributed by atoms with E-state index in [2.05, 4.69) is 25.5 Å². The summed E-state index contributed by atoms with van der Waals surface area (Å²) in [4.78, 5) is 11.4. The molecule has 0 aromatic carbocycles. The number of oxazole rings is 1. The van der Waals surface area contributed by atoms with E-state index in [0.29, 0.717) is 17.9 Å². The number of aliphatic imine (C=N–C) groups is 1. The Morgan fingerprint density at radius 1 is 1.14 bits per heavy atom. The van der Waals surface area contributed by atoms with Crippen molar-refractivity contribution in [2.45, 2.75) is 52.5 Å². The van der Waals surface area contributed by atoms with E-state index in [1.54, 1.807) is 0 Å². The van der Waals surface area contributed by atoms with Gasteiger partial charge in [-0.25, -0.2) is 4.98 Å². The number of halogens is 1. The number of hydrogen-bond acceptors (Lipinski definition) is 5. The lowest BCUT2D eigenvalue weighted by atomic mass is 9.73. The molecule has 0 amide bonds. The van der Waals surface area contributed by atoms with Crippen LogP contribution >= 0.6 is 24.0 Å². The second-order valence-corrected chi connectivity index (χ2v) is 7.98. The second-order valence-electron chi connectivity index (χ2n) is 7.98. The normalized spacial score (nSPS) is 20.5. The Hall–Kier alpha value is -0.870. The number of morpholine rings is 1. The van der Waals surface area contributed by atoms with Crippen molar-refractivity contribution in [2.24, 2.45) is 10.4 Å². The van der Waals surface area contributed by atoms with Crippen LogP contribution in [-0.4, -0.2) is 62.3 Å². The number of guanidine groups is 1. The van der Waals surface area contributed by atoms with E-state index in [-0.39, 0.29) is 24.0 Å². The average molecular weight is 505 g/mol. The third-order valence-electron chi connectivity index (χ3n) is 5.91. The zero-order valence-corrected chi connectivity index (χ0v) is 19.9. The second kappa shape index (κ2) is 11.3. The summed E-state index contributed by atoms with van der Waals surface area (Å²) in [5, 5.41) is 6.91. The van der Waals surface area contributed by atoms with Gasteiger partial charge >= 0.3 is 0 Å². The largest absolute Gasteiger partial charge is 0.444 e. The molecular weight excluding hydrogens is 469 g/mol. The fourth-order valence-corrected chi connectivity index (χ4v) is 4.19. The molecule has 2 heterocycles. The van der Waals surface area contributed by atoms with Crippen molar-refractivity contribution in [3.05, 3.63) is 17.3 Å². The SMILES string of the molecule is CN=C(NCc1nc(C)c(C)o1)NCC1(CN2CCOCC2)CCCCC1.I. The summed E-state index contributed by atoms with van der Waals surface area (Å²) in [6.45, 7) is 10.4. The lowest BCUT2D eigenvalue weighted by Gasteiger charge is -2.42. The predicted molar refractivity (Wildman–Crippen MR) is 122 cm³/mol. The van der Waals surface area contributed by atoms with Crippen LogP contribution in [0.2, 0.25) is 0 Å².